The SMILES string of the molecule is O=C(OCCCCCCOC(=O)c1ccc(C=Nc2ccc(C(=O)OCC3CO3)cc2)cc1)c1ccc(C=Nc2ccc(C(=O)OCC3CO3)cc2)cc1. The van der Waals surface area contributed by atoms with Gasteiger partial charge in [0.05, 0.1) is 60.1 Å². The number of benzene rings is 4. The zero-order chi connectivity index (χ0) is 37.5. The Morgan fingerprint density at radius 2 is 0.796 bits per heavy atom. The van der Waals surface area contributed by atoms with Crippen LogP contribution in [0.1, 0.15) is 78.2 Å². The molecule has 0 saturated carbocycles. The van der Waals surface area contributed by atoms with Crippen LogP contribution in [-0.4, -0.2) is 88.2 Å². The fraction of sp³-hybridized carbons (Fsp3) is 0.286. The van der Waals surface area contributed by atoms with Crippen molar-refractivity contribution in [2.45, 2.75) is 37.9 Å². The number of rotatable bonds is 19. The summed E-state index contributed by atoms with van der Waals surface area (Å²) in [6, 6.07) is 27.5. The van der Waals surface area contributed by atoms with Crippen molar-refractivity contribution in [1.29, 1.82) is 0 Å². The fourth-order valence-corrected chi connectivity index (χ4v) is 4.96. The van der Waals surface area contributed by atoms with Crippen molar-refractivity contribution in [3.8, 4) is 0 Å². The highest BCUT2D eigenvalue weighted by atomic mass is 16.6. The molecule has 0 N–H and O–H groups in total. The minimum absolute atomic E-state index is 0.0214. The predicted octanol–water partition coefficient (Wildman–Crippen LogP) is 6.87. The van der Waals surface area contributed by atoms with Crippen LogP contribution in [-0.2, 0) is 28.4 Å². The van der Waals surface area contributed by atoms with Crippen molar-refractivity contribution >= 4 is 47.7 Å². The van der Waals surface area contributed by atoms with Crippen molar-refractivity contribution < 1.29 is 47.6 Å². The number of hydrogen-bond acceptors (Lipinski definition) is 12. The fourth-order valence-electron chi connectivity index (χ4n) is 4.96. The second-order valence-corrected chi connectivity index (χ2v) is 12.6. The molecule has 2 heterocycles. The first-order valence-corrected chi connectivity index (χ1v) is 17.8. The summed E-state index contributed by atoms with van der Waals surface area (Å²) in [5.74, 6) is -1.58. The summed E-state index contributed by atoms with van der Waals surface area (Å²) < 4.78 is 31.3. The Bertz CT molecular complexity index is 1790. The van der Waals surface area contributed by atoms with Crippen LogP contribution < -0.4 is 0 Å². The summed E-state index contributed by atoms with van der Waals surface area (Å²) in [6.07, 6.45) is 6.45. The van der Waals surface area contributed by atoms with Gasteiger partial charge in [-0.2, -0.15) is 0 Å². The van der Waals surface area contributed by atoms with Gasteiger partial charge in [-0.1, -0.05) is 24.3 Å². The first-order chi connectivity index (χ1) is 26.4. The van der Waals surface area contributed by atoms with Crippen LogP contribution in [0.15, 0.2) is 107 Å². The molecule has 278 valence electrons. The molecular weight excluding hydrogens is 692 g/mol. The molecule has 0 spiro atoms. The zero-order valence-electron chi connectivity index (χ0n) is 29.6. The molecule has 0 radical (unpaired) electrons. The number of hydrogen-bond donors (Lipinski definition) is 0. The van der Waals surface area contributed by atoms with Gasteiger partial charge in [-0.25, -0.2) is 19.2 Å². The molecule has 2 aliphatic rings. The lowest BCUT2D eigenvalue weighted by Gasteiger charge is -2.07. The molecule has 2 aliphatic heterocycles. The van der Waals surface area contributed by atoms with E-state index in [1.54, 1.807) is 109 Å². The van der Waals surface area contributed by atoms with Crippen LogP contribution >= 0.6 is 0 Å². The van der Waals surface area contributed by atoms with Crippen LogP contribution in [0.2, 0.25) is 0 Å². The molecular formula is C42H40N2O10. The highest BCUT2D eigenvalue weighted by Crippen LogP contribution is 2.18. The molecule has 2 unspecified atom stereocenters. The number of esters is 4. The Balaban J connectivity index is 0.810. The lowest BCUT2D eigenvalue weighted by Crippen LogP contribution is -2.09. The highest BCUT2D eigenvalue weighted by molar-refractivity contribution is 5.93. The van der Waals surface area contributed by atoms with Gasteiger partial charge in [-0.3, -0.25) is 9.98 Å². The van der Waals surface area contributed by atoms with Crippen LogP contribution in [0.5, 0.6) is 0 Å². The molecule has 0 aromatic heterocycles. The molecule has 0 aliphatic carbocycles. The second-order valence-electron chi connectivity index (χ2n) is 12.6. The molecule has 2 atom stereocenters. The summed E-state index contributed by atoms with van der Waals surface area (Å²) in [4.78, 5) is 57.9. The van der Waals surface area contributed by atoms with Gasteiger partial charge in [-0.05, 0) is 110 Å². The van der Waals surface area contributed by atoms with Gasteiger partial charge < -0.3 is 28.4 Å². The lowest BCUT2D eigenvalue weighted by atomic mass is 10.1. The Kier molecular flexibility index (Phi) is 13.4. The summed E-state index contributed by atoms with van der Waals surface area (Å²) >= 11 is 0. The number of ether oxygens (including phenoxy) is 6. The molecule has 2 saturated heterocycles. The van der Waals surface area contributed by atoms with Crippen molar-refractivity contribution in [1.82, 2.24) is 0 Å². The average Bonchev–Trinajstić information content (AvgIpc) is 4.16. The van der Waals surface area contributed by atoms with E-state index in [0.29, 0.717) is 72.9 Å². The van der Waals surface area contributed by atoms with E-state index in [0.717, 1.165) is 24.0 Å². The minimum atomic E-state index is -0.395. The molecule has 12 heteroatoms. The van der Waals surface area contributed by atoms with E-state index in [1.165, 1.54) is 0 Å². The standard InChI is InChI=1S/C42H40N2O10/c45-39(31-9-5-29(6-10-31)23-43-35-17-13-33(14-18-35)41(47)53-27-37-25-51-37)49-21-3-1-2-4-22-50-40(46)32-11-7-30(8-12-32)24-44-36-19-15-34(16-20-36)42(48)54-28-38-26-52-38/h5-20,23-24,37-38H,1-4,21-22,25-28H2. The van der Waals surface area contributed by atoms with Gasteiger partial charge in [0.25, 0.3) is 0 Å². The summed E-state index contributed by atoms with van der Waals surface area (Å²) in [5.41, 5.74) is 4.76. The van der Waals surface area contributed by atoms with Gasteiger partial charge in [0.1, 0.15) is 25.4 Å². The minimum Gasteiger partial charge on any atom is -0.462 e. The Hall–Kier alpha value is -5.98. The number of epoxide rings is 2. The third-order valence-electron chi connectivity index (χ3n) is 8.33. The number of carbonyl (C=O) groups excluding carboxylic acids is 4. The maximum atomic E-state index is 12.5. The van der Waals surface area contributed by atoms with E-state index in [2.05, 4.69) is 9.98 Å². The molecule has 54 heavy (non-hydrogen) atoms. The largest absolute Gasteiger partial charge is 0.462 e. The van der Waals surface area contributed by atoms with Gasteiger partial charge in [0.2, 0.25) is 0 Å². The first kappa shape index (κ1) is 37.8. The maximum Gasteiger partial charge on any atom is 0.338 e. The average molecular weight is 733 g/mol. The summed E-state index contributed by atoms with van der Waals surface area (Å²) in [6.45, 7) is 2.38. The second kappa shape index (κ2) is 19.2. The smallest absolute Gasteiger partial charge is 0.338 e. The maximum absolute atomic E-state index is 12.5. The third-order valence-corrected chi connectivity index (χ3v) is 8.33. The molecule has 2 fully saturated rings. The number of carbonyl (C=O) groups is 4. The van der Waals surface area contributed by atoms with E-state index in [9.17, 15) is 19.2 Å². The number of nitrogens with zero attached hydrogens (tertiary/aromatic N) is 2. The van der Waals surface area contributed by atoms with Gasteiger partial charge in [0.15, 0.2) is 0 Å². The van der Waals surface area contributed by atoms with E-state index < -0.39 is 23.9 Å². The number of aliphatic imine (C=N–C) groups is 2. The van der Waals surface area contributed by atoms with Gasteiger partial charge >= 0.3 is 23.9 Å². The van der Waals surface area contributed by atoms with Crippen molar-refractivity contribution in [2.75, 3.05) is 39.6 Å². The molecule has 0 bridgehead atoms. The molecule has 4 aromatic rings. The highest BCUT2D eigenvalue weighted by Gasteiger charge is 2.25. The predicted molar refractivity (Wildman–Crippen MR) is 199 cm³/mol. The van der Waals surface area contributed by atoms with Crippen LogP contribution in [0.3, 0.4) is 0 Å². The van der Waals surface area contributed by atoms with Gasteiger partial charge in [-0.15, -0.1) is 0 Å². The van der Waals surface area contributed by atoms with Crippen LogP contribution in [0.25, 0.3) is 0 Å². The molecule has 0 amide bonds. The van der Waals surface area contributed by atoms with Crippen LogP contribution in [0.4, 0.5) is 11.4 Å². The molecule has 12 nitrogen and oxygen atoms in total. The summed E-state index contributed by atoms with van der Waals surface area (Å²) in [7, 11) is 0. The summed E-state index contributed by atoms with van der Waals surface area (Å²) in [5, 5.41) is 0. The van der Waals surface area contributed by atoms with Crippen molar-refractivity contribution in [2.24, 2.45) is 9.98 Å². The third kappa shape index (κ3) is 12.3. The Morgan fingerprint density at radius 1 is 0.481 bits per heavy atom. The number of unbranched alkanes of at least 4 members (excludes halogenated alkanes) is 3. The quantitative estimate of drug-likeness (QED) is 0.0328. The van der Waals surface area contributed by atoms with E-state index in [4.69, 9.17) is 28.4 Å². The molecule has 6 rings (SSSR count). The van der Waals surface area contributed by atoms with E-state index in [1.807, 2.05) is 0 Å². The van der Waals surface area contributed by atoms with Crippen molar-refractivity contribution in [3.05, 3.63) is 130 Å². The van der Waals surface area contributed by atoms with Crippen molar-refractivity contribution in [3.63, 3.8) is 0 Å². The normalized spacial score (nSPS) is 15.9. The Morgan fingerprint density at radius 3 is 1.13 bits per heavy atom. The van der Waals surface area contributed by atoms with Crippen LogP contribution in [0, 0.1) is 0 Å². The zero-order valence-corrected chi connectivity index (χ0v) is 29.6. The van der Waals surface area contributed by atoms with E-state index >= 15 is 0 Å². The lowest BCUT2D eigenvalue weighted by molar-refractivity contribution is 0.0468. The monoisotopic (exact) mass is 732 g/mol. The topological polar surface area (TPSA) is 155 Å². The van der Waals surface area contributed by atoms with E-state index in [-0.39, 0.29) is 25.4 Å². The first-order valence-electron chi connectivity index (χ1n) is 17.8. The van der Waals surface area contributed by atoms with Gasteiger partial charge in [0, 0.05) is 12.4 Å². The Labute approximate surface area is 312 Å². The molecule has 4 aromatic carbocycles.